The summed E-state index contributed by atoms with van der Waals surface area (Å²) in [5.74, 6) is -0.114. The van der Waals surface area contributed by atoms with Crippen molar-refractivity contribution in [2.75, 3.05) is 11.5 Å². The van der Waals surface area contributed by atoms with Crippen LogP contribution in [0.1, 0.15) is 33.4 Å². The number of nitrogens with zero attached hydrogens (tertiary/aromatic N) is 3. The zero-order valence-electron chi connectivity index (χ0n) is 12.8. The van der Waals surface area contributed by atoms with Crippen LogP contribution in [0.5, 0.6) is 0 Å². The van der Waals surface area contributed by atoms with Gasteiger partial charge in [0.15, 0.2) is 9.84 Å². The van der Waals surface area contributed by atoms with Crippen molar-refractivity contribution in [3.63, 3.8) is 0 Å². The van der Waals surface area contributed by atoms with Crippen LogP contribution < -0.4 is 5.43 Å². The number of amides is 1. The van der Waals surface area contributed by atoms with Gasteiger partial charge in [0.1, 0.15) is 5.15 Å². The maximum atomic E-state index is 11.8. The Morgan fingerprint density at radius 2 is 2.38 bits per heavy atom. The molecule has 2 aromatic heterocycles. The number of thiophene rings is 1. The molecule has 128 valence electrons. The largest absolute Gasteiger partial charge is 0.281 e. The normalized spacial score (nSPS) is 19.8. The Morgan fingerprint density at radius 3 is 3.00 bits per heavy atom. The van der Waals surface area contributed by atoms with Gasteiger partial charge in [-0.3, -0.25) is 4.79 Å². The first-order valence-corrected chi connectivity index (χ1v) is 10.3. The Hall–Kier alpha value is -1.71. The first-order valence-electron chi connectivity index (χ1n) is 7.19. The van der Waals surface area contributed by atoms with Gasteiger partial charge in [-0.1, -0.05) is 17.7 Å². The molecule has 3 rings (SSSR count). The van der Waals surface area contributed by atoms with Crippen LogP contribution in [0.3, 0.4) is 0 Å². The SMILES string of the molecule is Cc1nn([C@@H]2CCS(=O)(=O)C2)c(Cl)c1/C=N\NC(=O)c1cccs1. The summed E-state index contributed by atoms with van der Waals surface area (Å²) in [7, 11) is -3.03. The van der Waals surface area contributed by atoms with Crippen molar-refractivity contribution in [2.24, 2.45) is 5.10 Å². The van der Waals surface area contributed by atoms with E-state index in [2.05, 4.69) is 15.6 Å². The molecule has 10 heteroatoms. The summed E-state index contributed by atoms with van der Waals surface area (Å²) in [6.07, 6.45) is 1.92. The minimum absolute atomic E-state index is 0.0412. The zero-order chi connectivity index (χ0) is 17.3. The number of sulfone groups is 1. The molecule has 1 atom stereocenters. The summed E-state index contributed by atoms with van der Waals surface area (Å²) in [4.78, 5) is 12.4. The van der Waals surface area contributed by atoms with Gasteiger partial charge >= 0.3 is 0 Å². The number of nitrogens with one attached hydrogen (secondary N) is 1. The van der Waals surface area contributed by atoms with Gasteiger partial charge < -0.3 is 0 Å². The third kappa shape index (κ3) is 3.52. The predicted molar refractivity (Wildman–Crippen MR) is 93.7 cm³/mol. The molecule has 1 aliphatic heterocycles. The van der Waals surface area contributed by atoms with Crippen molar-refractivity contribution in [1.82, 2.24) is 15.2 Å². The second-order valence-electron chi connectivity index (χ2n) is 5.47. The molecular formula is C14H15ClN4O3S2. The van der Waals surface area contributed by atoms with Crippen molar-refractivity contribution in [3.8, 4) is 0 Å². The predicted octanol–water partition coefficient (Wildman–Crippen LogP) is 2.03. The lowest BCUT2D eigenvalue weighted by atomic mass is 10.2. The number of aryl methyl sites for hydroxylation is 1. The van der Waals surface area contributed by atoms with Crippen LogP contribution in [0, 0.1) is 6.92 Å². The lowest BCUT2D eigenvalue weighted by Gasteiger charge is -2.09. The van der Waals surface area contributed by atoms with E-state index in [9.17, 15) is 13.2 Å². The van der Waals surface area contributed by atoms with Gasteiger partial charge in [-0.2, -0.15) is 10.2 Å². The van der Waals surface area contributed by atoms with E-state index < -0.39 is 9.84 Å². The number of rotatable bonds is 4. The van der Waals surface area contributed by atoms with Gasteiger partial charge in [0.25, 0.3) is 5.91 Å². The summed E-state index contributed by atoms with van der Waals surface area (Å²) < 4.78 is 24.8. The molecule has 1 saturated heterocycles. The topological polar surface area (TPSA) is 93.4 Å². The Kier molecular flexibility index (Phi) is 4.75. The van der Waals surface area contributed by atoms with Crippen LogP contribution in [-0.4, -0.2) is 41.8 Å². The molecular weight excluding hydrogens is 372 g/mol. The Bertz CT molecular complexity index is 888. The van der Waals surface area contributed by atoms with Crippen molar-refractivity contribution in [1.29, 1.82) is 0 Å². The van der Waals surface area contributed by atoms with Gasteiger partial charge in [0, 0.05) is 0 Å². The molecule has 24 heavy (non-hydrogen) atoms. The molecule has 2 aromatic rings. The smallest absolute Gasteiger partial charge is 0.266 e. The average molecular weight is 387 g/mol. The molecule has 3 heterocycles. The van der Waals surface area contributed by atoms with Crippen LogP contribution in [0.4, 0.5) is 0 Å². The van der Waals surface area contributed by atoms with Gasteiger partial charge in [0.05, 0.1) is 39.9 Å². The minimum Gasteiger partial charge on any atom is -0.266 e. The van der Waals surface area contributed by atoms with E-state index in [4.69, 9.17) is 11.6 Å². The summed E-state index contributed by atoms with van der Waals surface area (Å²) >= 11 is 7.64. The Labute approximate surface area is 148 Å². The fourth-order valence-electron chi connectivity index (χ4n) is 2.51. The number of hydrogen-bond acceptors (Lipinski definition) is 6. The molecule has 7 nitrogen and oxygen atoms in total. The van der Waals surface area contributed by atoms with E-state index in [1.807, 2.05) is 0 Å². The molecule has 0 radical (unpaired) electrons. The van der Waals surface area contributed by atoms with E-state index in [0.29, 0.717) is 27.7 Å². The number of hydrogen-bond donors (Lipinski definition) is 1. The highest BCUT2D eigenvalue weighted by molar-refractivity contribution is 7.91. The lowest BCUT2D eigenvalue weighted by molar-refractivity contribution is 0.0959. The van der Waals surface area contributed by atoms with Crippen LogP contribution in [0.25, 0.3) is 0 Å². The maximum Gasteiger partial charge on any atom is 0.281 e. The third-order valence-corrected chi connectivity index (χ3v) is 6.73. The van der Waals surface area contributed by atoms with Crippen molar-refractivity contribution < 1.29 is 13.2 Å². The fourth-order valence-corrected chi connectivity index (χ4v) is 5.17. The van der Waals surface area contributed by atoms with Gasteiger partial charge in [-0.05, 0) is 24.8 Å². The number of carbonyl (C=O) groups excluding carboxylic acids is 1. The molecule has 1 aliphatic rings. The highest BCUT2D eigenvalue weighted by Crippen LogP contribution is 2.29. The Balaban J connectivity index is 1.75. The molecule has 0 unspecified atom stereocenters. The van der Waals surface area contributed by atoms with E-state index >= 15 is 0 Å². The van der Waals surface area contributed by atoms with E-state index in [-0.39, 0.29) is 23.5 Å². The van der Waals surface area contributed by atoms with Crippen LogP contribution >= 0.6 is 22.9 Å². The second-order valence-corrected chi connectivity index (χ2v) is 9.00. The molecule has 1 amide bonds. The van der Waals surface area contributed by atoms with E-state index in [0.717, 1.165) is 0 Å². The standard InChI is InChI=1S/C14H15ClN4O3S2/c1-9-11(7-16-17-14(20)12-3-2-5-23-12)13(15)19(18-9)10-4-6-24(21,22)8-10/h2-3,5,7,10H,4,6,8H2,1H3,(H,17,20)/b16-7-/t10-/m1/s1. The van der Waals surface area contributed by atoms with Crippen molar-refractivity contribution >= 4 is 44.9 Å². The quantitative estimate of drug-likeness (QED) is 0.642. The van der Waals surface area contributed by atoms with Crippen molar-refractivity contribution in [2.45, 2.75) is 19.4 Å². The molecule has 0 saturated carbocycles. The first-order chi connectivity index (χ1) is 11.4. The maximum absolute atomic E-state index is 11.8. The molecule has 0 aromatic carbocycles. The summed E-state index contributed by atoms with van der Waals surface area (Å²) in [5.41, 5.74) is 3.62. The first kappa shape index (κ1) is 17.1. The van der Waals surface area contributed by atoms with Crippen LogP contribution in [-0.2, 0) is 9.84 Å². The molecule has 0 aliphatic carbocycles. The lowest BCUT2D eigenvalue weighted by Crippen LogP contribution is -2.16. The summed E-state index contributed by atoms with van der Waals surface area (Å²) in [5, 5.41) is 10.4. The summed E-state index contributed by atoms with van der Waals surface area (Å²) in [6.45, 7) is 1.76. The third-order valence-electron chi connectivity index (χ3n) is 3.73. The second kappa shape index (κ2) is 6.66. The summed E-state index contributed by atoms with van der Waals surface area (Å²) in [6, 6.07) is 3.22. The monoisotopic (exact) mass is 386 g/mol. The molecule has 0 bridgehead atoms. The van der Waals surface area contributed by atoms with Gasteiger partial charge in [-0.25, -0.2) is 18.5 Å². The van der Waals surface area contributed by atoms with E-state index in [1.165, 1.54) is 22.2 Å². The molecule has 1 fully saturated rings. The number of hydrazone groups is 1. The van der Waals surface area contributed by atoms with Crippen LogP contribution in [0.15, 0.2) is 22.6 Å². The van der Waals surface area contributed by atoms with Gasteiger partial charge in [-0.15, -0.1) is 11.3 Å². The number of aromatic nitrogens is 2. The number of halogens is 1. The van der Waals surface area contributed by atoms with Crippen LogP contribution in [0.2, 0.25) is 5.15 Å². The minimum atomic E-state index is -3.03. The highest BCUT2D eigenvalue weighted by atomic mass is 35.5. The van der Waals surface area contributed by atoms with Gasteiger partial charge in [0.2, 0.25) is 0 Å². The zero-order valence-corrected chi connectivity index (χ0v) is 15.2. The Morgan fingerprint density at radius 1 is 1.58 bits per heavy atom. The molecule has 0 spiro atoms. The average Bonchev–Trinajstić information content (AvgIpc) is 3.22. The van der Waals surface area contributed by atoms with Crippen molar-refractivity contribution in [3.05, 3.63) is 38.8 Å². The highest BCUT2D eigenvalue weighted by Gasteiger charge is 2.31. The molecule has 1 N–H and O–H groups in total. The number of carbonyl (C=O) groups is 1. The fraction of sp³-hybridized carbons (Fsp3) is 0.357. The van der Waals surface area contributed by atoms with E-state index in [1.54, 1.807) is 24.4 Å².